The van der Waals surface area contributed by atoms with Gasteiger partial charge in [-0.3, -0.25) is 0 Å². The molecule has 2 aliphatic rings. The Balaban J connectivity index is 1.87. The average Bonchev–Trinajstić information content (AvgIpc) is 3.44. The van der Waals surface area contributed by atoms with Crippen molar-refractivity contribution in [2.75, 3.05) is 0 Å². The van der Waals surface area contributed by atoms with E-state index in [4.69, 9.17) is 25.9 Å². The normalized spacial score (nSPS) is 19.2. The van der Waals surface area contributed by atoms with Crippen LogP contribution >= 0.6 is 17.0 Å². The van der Waals surface area contributed by atoms with Gasteiger partial charge in [-0.2, -0.15) is 0 Å². The Morgan fingerprint density at radius 2 is 1.10 bits per heavy atom. The van der Waals surface area contributed by atoms with Crippen molar-refractivity contribution in [2.24, 2.45) is 0 Å². The van der Waals surface area contributed by atoms with Crippen LogP contribution < -0.4 is 0 Å². The summed E-state index contributed by atoms with van der Waals surface area (Å²) in [5, 5.41) is 0. The topological polar surface area (TPSA) is 18.5 Å². The van der Waals surface area contributed by atoms with Crippen LogP contribution in [-0.4, -0.2) is 20.3 Å². The van der Waals surface area contributed by atoms with Gasteiger partial charge >= 0.3 is 249 Å². The van der Waals surface area contributed by atoms with E-state index in [9.17, 15) is 0 Å². The first-order valence-corrected chi connectivity index (χ1v) is 31.5. The van der Waals surface area contributed by atoms with Gasteiger partial charge in [-0.05, 0) is 0 Å². The van der Waals surface area contributed by atoms with Crippen molar-refractivity contribution in [1.29, 1.82) is 0 Å². The average molecular weight is 681 g/mol. The van der Waals surface area contributed by atoms with Crippen molar-refractivity contribution < 1.29 is 24.8 Å². The minimum atomic E-state index is -5.01. The zero-order valence-electron chi connectivity index (χ0n) is 24.8. The van der Waals surface area contributed by atoms with Crippen molar-refractivity contribution >= 4 is 49.5 Å². The zero-order valence-corrected chi connectivity index (χ0v) is 30.8. The minimum absolute atomic E-state index is 0.159. The maximum absolute atomic E-state index is 8.21. The van der Waals surface area contributed by atoms with Crippen LogP contribution in [0, 0.1) is 0 Å². The standard InChI is InChI=1S/2C15H21OSi.C2H4.2ClH.Zr/c2*1-4-5-10-17(2,3)16-15-11-13-8-6-7-9-14(13)12-15;1-2;;;/h2*6-9,11-12H,4-5,10H2,1-3H3;1H,2H3;2*1H;/q;;;;;+2/p-2. The van der Waals surface area contributed by atoms with Crippen molar-refractivity contribution in [2.45, 2.75) is 92.0 Å². The summed E-state index contributed by atoms with van der Waals surface area (Å²) in [6.07, 6.45) is 9.15. The summed E-state index contributed by atoms with van der Waals surface area (Å²) in [5.41, 5.74) is 4.76. The molecule has 2 atom stereocenters. The predicted octanol–water partition coefficient (Wildman–Crippen LogP) is 11.0. The number of unbranched alkanes of at least 4 members (excludes halogenated alkanes) is 2. The molecule has 0 heterocycles. The molecule has 2 aliphatic carbocycles. The SMILES string of the molecule is C[CH]=[Zr]([Cl])([Cl])([CH]1C(O[Si](C)(C)CCCC)=Cc2ccccc21)[CH]1C(O[Si](C)(C)CCCC)=Cc2ccccc21. The molecule has 0 N–H and O–H groups in total. The summed E-state index contributed by atoms with van der Waals surface area (Å²) in [7, 11) is 12.5. The molecular weight excluding hydrogens is 635 g/mol. The first kappa shape index (κ1) is 31.2. The van der Waals surface area contributed by atoms with Crippen LogP contribution in [-0.2, 0) is 24.8 Å². The first-order chi connectivity index (χ1) is 18.3. The van der Waals surface area contributed by atoms with E-state index in [-0.39, 0.29) is 7.25 Å². The van der Waals surface area contributed by atoms with Crippen LogP contribution in [0.4, 0.5) is 0 Å². The van der Waals surface area contributed by atoms with Crippen LogP contribution in [0.1, 0.15) is 76.0 Å². The Labute approximate surface area is 246 Å². The summed E-state index contributed by atoms with van der Waals surface area (Å²) in [5.74, 6) is 1.95. The maximum atomic E-state index is 8.21. The van der Waals surface area contributed by atoms with Crippen molar-refractivity contribution in [3.63, 3.8) is 0 Å². The molecule has 0 saturated carbocycles. The molecule has 0 spiro atoms. The number of halogens is 2. The van der Waals surface area contributed by atoms with Gasteiger partial charge in [0.1, 0.15) is 0 Å². The van der Waals surface area contributed by atoms with Crippen molar-refractivity contribution in [3.8, 4) is 0 Å². The fraction of sp³-hybridized carbons (Fsp3) is 0.469. The number of fused-ring (bicyclic) bond motifs is 2. The third-order valence-corrected chi connectivity index (χ3v) is 32.0. The summed E-state index contributed by atoms with van der Waals surface area (Å²) >= 11 is -5.01. The number of benzene rings is 2. The summed E-state index contributed by atoms with van der Waals surface area (Å²) < 4.78 is 16.0. The molecule has 0 aromatic heterocycles. The van der Waals surface area contributed by atoms with Gasteiger partial charge < -0.3 is 0 Å². The molecule has 39 heavy (non-hydrogen) atoms. The molecule has 0 amide bonds. The van der Waals surface area contributed by atoms with E-state index in [1.807, 2.05) is 0 Å². The number of hydrogen-bond acceptors (Lipinski definition) is 2. The third-order valence-electron chi connectivity index (χ3n) is 8.49. The molecule has 0 fully saturated rings. The number of allylic oxidation sites excluding steroid dienone is 2. The van der Waals surface area contributed by atoms with E-state index in [0.717, 1.165) is 23.6 Å². The molecule has 0 radical (unpaired) electrons. The first-order valence-electron chi connectivity index (χ1n) is 14.7. The second kappa shape index (κ2) is 11.9. The van der Waals surface area contributed by atoms with E-state index >= 15 is 0 Å². The molecule has 2 aromatic rings. The third kappa shape index (κ3) is 6.38. The molecule has 4 rings (SSSR count). The van der Waals surface area contributed by atoms with E-state index < -0.39 is 32.5 Å². The summed E-state index contributed by atoms with van der Waals surface area (Å²) in [6, 6.07) is 19.4. The van der Waals surface area contributed by atoms with Crippen LogP contribution in [0.2, 0.25) is 38.3 Å². The van der Waals surface area contributed by atoms with Gasteiger partial charge in [-0.15, -0.1) is 0 Å². The molecule has 0 aliphatic heterocycles. The molecule has 0 bridgehead atoms. The Morgan fingerprint density at radius 1 is 0.718 bits per heavy atom. The van der Waals surface area contributed by atoms with Crippen LogP contribution in [0.5, 0.6) is 0 Å². The van der Waals surface area contributed by atoms with Crippen LogP contribution in [0.15, 0.2) is 60.0 Å². The van der Waals surface area contributed by atoms with Crippen molar-refractivity contribution in [1.82, 2.24) is 0 Å². The summed E-state index contributed by atoms with van der Waals surface area (Å²) in [4.78, 5) is 0. The van der Waals surface area contributed by atoms with Gasteiger partial charge in [0.25, 0.3) is 0 Å². The number of hydrogen-bond donors (Lipinski definition) is 0. The molecular formula is C32H46Cl2O2Si2Zr. The Bertz CT molecular complexity index is 1250. The van der Waals surface area contributed by atoms with Gasteiger partial charge in [0.2, 0.25) is 0 Å². The molecule has 2 nitrogen and oxygen atoms in total. The quantitative estimate of drug-likeness (QED) is 0.208. The van der Waals surface area contributed by atoms with Crippen LogP contribution in [0.25, 0.3) is 12.2 Å². The van der Waals surface area contributed by atoms with Gasteiger partial charge in [-0.25, -0.2) is 0 Å². The Hall–Kier alpha value is -0.713. The molecule has 2 aromatic carbocycles. The van der Waals surface area contributed by atoms with Crippen molar-refractivity contribution in [3.05, 3.63) is 82.3 Å². The monoisotopic (exact) mass is 678 g/mol. The molecule has 7 heteroatoms. The molecule has 212 valence electrons. The van der Waals surface area contributed by atoms with E-state index in [1.165, 1.54) is 47.9 Å². The number of rotatable bonds is 12. The summed E-state index contributed by atoms with van der Waals surface area (Å²) in [6.45, 7) is 15.9. The van der Waals surface area contributed by atoms with Gasteiger partial charge in [0, 0.05) is 0 Å². The fourth-order valence-electron chi connectivity index (χ4n) is 6.35. The van der Waals surface area contributed by atoms with Gasteiger partial charge in [0.05, 0.1) is 0 Å². The predicted molar refractivity (Wildman–Crippen MR) is 174 cm³/mol. The Kier molecular flexibility index (Phi) is 9.51. The van der Waals surface area contributed by atoms with Gasteiger partial charge in [0.15, 0.2) is 0 Å². The van der Waals surface area contributed by atoms with E-state index in [2.05, 4.69) is 111 Å². The van der Waals surface area contributed by atoms with E-state index in [0.29, 0.717) is 0 Å². The fourth-order valence-corrected chi connectivity index (χ4v) is 26.5. The van der Waals surface area contributed by atoms with E-state index in [1.54, 1.807) is 0 Å². The Morgan fingerprint density at radius 3 is 1.46 bits per heavy atom. The van der Waals surface area contributed by atoms with Crippen LogP contribution in [0.3, 0.4) is 0 Å². The second-order valence-electron chi connectivity index (χ2n) is 12.7. The molecule has 2 unspecified atom stereocenters. The second-order valence-corrected chi connectivity index (χ2v) is 42.5. The van der Waals surface area contributed by atoms with Gasteiger partial charge in [-0.1, -0.05) is 0 Å². The molecule has 0 saturated heterocycles. The zero-order chi connectivity index (χ0) is 28.5.